The summed E-state index contributed by atoms with van der Waals surface area (Å²) in [5.74, 6) is -9.96. The third-order valence-corrected chi connectivity index (χ3v) is 10.1. The minimum Gasteiger partial charge on any atom is -0.534 e. The van der Waals surface area contributed by atoms with Gasteiger partial charge in [0.2, 0.25) is 0 Å². The number of imide groups is 1. The molecule has 2 fully saturated rings. The Hall–Kier alpha value is -6.28. The van der Waals surface area contributed by atoms with Crippen molar-refractivity contribution in [3.63, 3.8) is 0 Å². The summed E-state index contributed by atoms with van der Waals surface area (Å²) >= 11 is 6.28. The van der Waals surface area contributed by atoms with Crippen LogP contribution in [0.15, 0.2) is 48.7 Å². The lowest BCUT2D eigenvalue weighted by Crippen LogP contribution is -2.59. The molecule has 3 aromatic rings. The number of fused-ring (bicyclic) bond motifs is 1. The summed E-state index contributed by atoms with van der Waals surface area (Å²) in [6, 6.07) is 3.63. The molecule has 1 saturated carbocycles. The maximum absolute atomic E-state index is 14.8. The van der Waals surface area contributed by atoms with Gasteiger partial charge < -0.3 is 55.7 Å². The number of hydrogen-bond acceptors (Lipinski definition) is 12. The number of piperazine rings is 1. The lowest BCUT2D eigenvalue weighted by atomic mass is 9.71. The third-order valence-electron chi connectivity index (χ3n) is 9.67. The number of aromatic carboxylic acids is 1. The summed E-state index contributed by atoms with van der Waals surface area (Å²) in [7, 11) is -0.0560. The number of urea groups is 1. The number of carboxylic acids is 1. The van der Waals surface area contributed by atoms with Crippen molar-refractivity contribution >= 4 is 48.4 Å². The van der Waals surface area contributed by atoms with Crippen LogP contribution in [0, 0.1) is 17.6 Å². The van der Waals surface area contributed by atoms with Gasteiger partial charge in [-0.3, -0.25) is 19.3 Å². The maximum Gasteiger partial charge on any atom is 0.549 e. The fourth-order valence-electron chi connectivity index (χ4n) is 6.19. The number of phenols is 4. The van der Waals surface area contributed by atoms with E-state index < -0.39 is 88.3 Å². The first-order valence-corrected chi connectivity index (χ1v) is 18.6. The van der Waals surface area contributed by atoms with E-state index >= 15 is 0 Å². The van der Waals surface area contributed by atoms with Crippen LogP contribution >= 0.6 is 11.6 Å². The van der Waals surface area contributed by atoms with Crippen molar-refractivity contribution in [1.29, 1.82) is 0 Å². The van der Waals surface area contributed by atoms with Gasteiger partial charge in [-0.1, -0.05) is 44.0 Å². The highest BCUT2D eigenvalue weighted by molar-refractivity contribution is 6.48. The number of carbonyl (C=O) groups is 5. The normalized spacial score (nSPS) is 16.6. The van der Waals surface area contributed by atoms with E-state index in [1.165, 1.54) is 38.2 Å². The number of phenolic OH excluding ortho intramolecular Hbond substituents is 4. The van der Waals surface area contributed by atoms with Gasteiger partial charge in [0.05, 0.1) is 22.6 Å². The highest BCUT2D eigenvalue weighted by atomic mass is 35.5. The van der Waals surface area contributed by atoms with Crippen molar-refractivity contribution in [3.8, 4) is 28.7 Å². The van der Waals surface area contributed by atoms with Gasteiger partial charge in [-0.15, -0.1) is 0 Å². The number of carbonyl (C=O) groups excluding carboxylic acids is 4. The van der Waals surface area contributed by atoms with Gasteiger partial charge in [-0.2, -0.15) is 0 Å². The van der Waals surface area contributed by atoms with Crippen LogP contribution in [0.1, 0.15) is 64.1 Å². The summed E-state index contributed by atoms with van der Waals surface area (Å²) in [6.07, 6.45) is 3.11. The Morgan fingerprint density at radius 1 is 1.03 bits per heavy atom. The standard InChI is InChI=1S/C34H33BClF2N5O12.C4H8/c1-15(40-23-12-16-4-7-20(37)24(33(51)52)29(16)55-35(23)54-2)26(19-14-21(38)27(46)28(47)25(19)36)41-34(53)43-11-10-42(31(49)32(43)50)9-3-8-39-30(48)18-6-5-17(44)13-22(18)45;1-4-2-3-4/h4-7,13-14,23,26,40,44-47H,1,3,8-12H2,2H3,(H,39,48)(H,41,53)(H,51,52);4H,2-3H2,1H3. The van der Waals surface area contributed by atoms with Crippen molar-refractivity contribution in [2.75, 3.05) is 33.3 Å². The molecule has 314 valence electrons. The highest BCUT2D eigenvalue weighted by Gasteiger charge is 2.42. The first kappa shape index (κ1) is 43.8. The molecule has 0 bridgehead atoms. The minimum atomic E-state index is -1.59. The van der Waals surface area contributed by atoms with Gasteiger partial charge in [0.1, 0.15) is 28.6 Å². The molecule has 6 rings (SSSR count). The molecule has 21 heteroatoms. The van der Waals surface area contributed by atoms with E-state index in [1.54, 1.807) is 0 Å². The van der Waals surface area contributed by atoms with Crippen LogP contribution in [-0.2, 0) is 20.7 Å². The Morgan fingerprint density at radius 3 is 2.36 bits per heavy atom. The largest absolute Gasteiger partial charge is 0.549 e. The number of aromatic hydroxyl groups is 4. The van der Waals surface area contributed by atoms with Crippen LogP contribution < -0.4 is 20.6 Å². The van der Waals surface area contributed by atoms with E-state index in [-0.39, 0.29) is 72.9 Å². The molecule has 2 unspecified atom stereocenters. The van der Waals surface area contributed by atoms with E-state index in [1.807, 2.05) is 0 Å². The molecule has 59 heavy (non-hydrogen) atoms. The van der Waals surface area contributed by atoms with Crippen molar-refractivity contribution in [2.45, 2.75) is 44.6 Å². The first-order chi connectivity index (χ1) is 27.9. The molecule has 1 aliphatic carbocycles. The molecule has 5 amide bonds. The van der Waals surface area contributed by atoms with E-state index in [9.17, 15) is 58.3 Å². The topological polar surface area (TPSA) is 248 Å². The molecule has 3 aromatic carbocycles. The van der Waals surface area contributed by atoms with E-state index in [0.29, 0.717) is 11.0 Å². The quantitative estimate of drug-likeness (QED) is 0.0563. The van der Waals surface area contributed by atoms with Gasteiger partial charge in [0.15, 0.2) is 17.3 Å². The van der Waals surface area contributed by atoms with Crippen molar-refractivity contribution < 1.29 is 67.6 Å². The summed E-state index contributed by atoms with van der Waals surface area (Å²) in [5.41, 5.74) is -1.07. The van der Waals surface area contributed by atoms with Crippen molar-refractivity contribution in [3.05, 3.63) is 87.6 Å². The van der Waals surface area contributed by atoms with E-state index in [0.717, 1.165) is 23.0 Å². The number of nitrogens with zero attached hydrogens (tertiary/aromatic N) is 2. The molecular formula is C38H41BClF2N5O12. The summed E-state index contributed by atoms with van der Waals surface area (Å²) in [4.78, 5) is 65.6. The molecule has 8 N–H and O–H groups in total. The zero-order valence-electron chi connectivity index (χ0n) is 31.8. The molecule has 1 saturated heterocycles. The number of benzene rings is 3. The van der Waals surface area contributed by atoms with Crippen LogP contribution in [0.4, 0.5) is 13.6 Å². The Kier molecular flexibility index (Phi) is 13.8. The minimum absolute atomic E-state index is 0.000741. The van der Waals surface area contributed by atoms with Crippen LogP contribution in [0.5, 0.6) is 28.7 Å². The molecule has 0 spiro atoms. The van der Waals surface area contributed by atoms with Crippen LogP contribution in [0.3, 0.4) is 0 Å². The average Bonchev–Trinajstić information content (AvgIpc) is 3.99. The molecule has 0 aromatic heterocycles. The van der Waals surface area contributed by atoms with Crippen LogP contribution in [-0.4, -0.2) is 111 Å². The Bertz CT molecular complexity index is 2180. The van der Waals surface area contributed by atoms with Crippen LogP contribution in [0.25, 0.3) is 0 Å². The number of hydrogen-bond donors (Lipinski definition) is 8. The predicted octanol–water partition coefficient (Wildman–Crippen LogP) is 3.58. The number of amides is 5. The van der Waals surface area contributed by atoms with E-state index in [4.69, 9.17) is 20.9 Å². The first-order valence-electron chi connectivity index (χ1n) is 18.2. The number of carboxylic acid groups (broad SMARTS) is 1. The Balaban J connectivity index is 0.00000156. The van der Waals surface area contributed by atoms with Gasteiger partial charge >= 0.3 is 30.9 Å². The van der Waals surface area contributed by atoms with Crippen LogP contribution in [0.2, 0.25) is 5.02 Å². The summed E-state index contributed by atoms with van der Waals surface area (Å²) in [5, 5.41) is 56.4. The van der Waals surface area contributed by atoms with Crippen molar-refractivity contribution in [2.24, 2.45) is 5.92 Å². The monoisotopic (exact) mass is 843 g/mol. The maximum atomic E-state index is 14.8. The third kappa shape index (κ3) is 10.1. The number of nitrogens with one attached hydrogen (secondary N) is 3. The summed E-state index contributed by atoms with van der Waals surface area (Å²) < 4.78 is 40.2. The average molecular weight is 844 g/mol. The smallest absolute Gasteiger partial charge is 0.534 e. The molecule has 2 aliphatic heterocycles. The van der Waals surface area contributed by atoms with Gasteiger partial charge in [-0.25, -0.2) is 18.4 Å². The molecule has 2 heterocycles. The highest BCUT2D eigenvalue weighted by Crippen LogP contribution is 2.42. The Morgan fingerprint density at radius 2 is 1.73 bits per heavy atom. The fourth-order valence-corrected chi connectivity index (χ4v) is 6.45. The molecular weight excluding hydrogens is 803 g/mol. The summed E-state index contributed by atoms with van der Waals surface area (Å²) in [6.45, 7) is 5.81. The second-order valence-electron chi connectivity index (χ2n) is 14.0. The molecule has 2 atom stereocenters. The Labute approximate surface area is 341 Å². The van der Waals surface area contributed by atoms with Crippen molar-refractivity contribution in [1.82, 2.24) is 25.8 Å². The molecule has 0 radical (unpaired) electrons. The number of rotatable bonds is 12. The second kappa shape index (κ2) is 18.5. The zero-order chi connectivity index (χ0) is 43.3. The van der Waals surface area contributed by atoms with Gasteiger partial charge in [0.25, 0.3) is 5.91 Å². The lowest BCUT2D eigenvalue weighted by molar-refractivity contribution is -0.153. The fraction of sp³-hybridized carbons (Fsp3) is 0.342. The predicted molar refractivity (Wildman–Crippen MR) is 206 cm³/mol. The molecule has 3 aliphatic rings. The SMILES string of the molecule is C=C(NC1Cc2ccc(F)c(C(=O)O)c2OB1OC)C(NC(=O)N1CCN(CCCNC(=O)c2ccc(O)cc2O)C(=O)C1=O)c1cc(F)c(O)c(O)c1Cl.CC1CC1. The van der Waals surface area contributed by atoms with E-state index in [2.05, 4.69) is 29.5 Å². The lowest BCUT2D eigenvalue weighted by Gasteiger charge is -2.35. The zero-order valence-corrected chi connectivity index (χ0v) is 32.5. The van der Waals surface area contributed by atoms with Gasteiger partial charge in [0, 0.05) is 50.6 Å². The van der Waals surface area contributed by atoms with Gasteiger partial charge in [-0.05, 0) is 48.6 Å². The number of halogens is 3. The second-order valence-corrected chi connectivity index (χ2v) is 14.4. The molecule has 17 nitrogen and oxygen atoms in total.